The zero-order chi connectivity index (χ0) is 30.9. The first-order valence-corrected chi connectivity index (χ1v) is 14.6. The molecule has 1 aromatic heterocycles. The highest BCUT2D eigenvalue weighted by molar-refractivity contribution is 7.17. The number of hydrogen-bond acceptors (Lipinski definition) is 10. The van der Waals surface area contributed by atoms with Crippen LogP contribution < -0.4 is 25.0 Å². The fourth-order valence-electron chi connectivity index (χ4n) is 4.48. The predicted molar refractivity (Wildman–Crippen MR) is 161 cm³/mol. The van der Waals surface area contributed by atoms with Crippen molar-refractivity contribution in [1.29, 1.82) is 0 Å². The van der Waals surface area contributed by atoms with E-state index in [1.54, 1.807) is 56.3 Å². The molecule has 2 N–H and O–H groups in total. The van der Waals surface area contributed by atoms with E-state index in [1.807, 2.05) is 0 Å². The summed E-state index contributed by atoms with van der Waals surface area (Å²) in [5.41, 5.74) is 4.23. The smallest absolute Gasteiger partial charge is 0.343 e. The van der Waals surface area contributed by atoms with Gasteiger partial charge in [0.1, 0.15) is 10.8 Å². The van der Waals surface area contributed by atoms with Gasteiger partial charge in [-0.1, -0.05) is 6.92 Å². The highest BCUT2D eigenvalue weighted by Gasteiger charge is 2.30. The number of hydrogen-bond donors (Lipinski definition) is 2. The molecule has 1 aliphatic rings. The molecule has 43 heavy (non-hydrogen) atoms. The fourth-order valence-corrected chi connectivity index (χ4v) is 5.87. The minimum Gasteiger partial charge on any atom is -0.497 e. The molecule has 0 spiro atoms. The third-order valence-electron chi connectivity index (χ3n) is 6.60. The van der Waals surface area contributed by atoms with Crippen molar-refractivity contribution in [3.63, 3.8) is 0 Å². The van der Waals surface area contributed by atoms with Crippen molar-refractivity contribution in [3.8, 4) is 17.2 Å². The summed E-state index contributed by atoms with van der Waals surface area (Å²) in [5.74, 6) is -1.51. The summed E-state index contributed by atoms with van der Waals surface area (Å²) in [6.45, 7) is 6.13. The minimum absolute atomic E-state index is 0.194. The second-order valence-corrected chi connectivity index (χ2v) is 10.8. The average molecular weight is 608 g/mol. The highest BCUT2D eigenvalue weighted by atomic mass is 32.1. The Morgan fingerprint density at radius 2 is 1.77 bits per heavy atom. The number of hydrazone groups is 1. The molecule has 0 radical (unpaired) electrons. The van der Waals surface area contributed by atoms with Gasteiger partial charge in [0.25, 0.3) is 0 Å². The maximum absolute atomic E-state index is 12.7. The summed E-state index contributed by atoms with van der Waals surface area (Å²) in [6, 6.07) is 11.2. The number of benzene rings is 2. The number of methoxy groups -OCH3 is 1. The lowest BCUT2D eigenvalue weighted by atomic mass is 9.88. The predicted octanol–water partition coefficient (Wildman–Crippen LogP) is 4.76. The summed E-state index contributed by atoms with van der Waals surface area (Å²) in [5, 5.41) is 6.73. The largest absolute Gasteiger partial charge is 0.497 e. The van der Waals surface area contributed by atoms with E-state index in [9.17, 15) is 19.2 Å². The van der Waals surface area contributed by atoms with Crippen LogP contribution in [0.5, 0.6) is 17.2 Å². The van der Waals surface area contributed by atoms with Gasteiger partial charge < -0.3 is 24.3 Å². The molecule has 12 heteroatoms. The van der Waals surface area contributed by atoms with E-state index in [1.165, 1.54) is 24.7 Å². The first-order chi connectivity index (χ1) is 20.7. The molecule has 1 atom stereocenters. The van der Waals surface area contributed by atoms with Crippen LogP contribution in [0.25, 0.3) is 0 Å². The van der Waals surface area contributed by atoms with E-state index in [4.69, 9.17) is 18.9 Å². The van der Waals surface area contributed by atoms with Crippen LogP contribution in [0.15, 0.2) is 47.6 Å². The van der Waals surface area contributed by atoms with Crippen LogP contribution in [0.2, 0.25) is 0 Å². The molecule has 2 aromatic carbocycles. The molecule has 226 valence electrons. The molecule has 4 rings (SSSR count). The molecule has 0 unspecified atom stereocenters. The van der Waals surface area contributed by atoms with Crippen molar-refractivity contribution in [2.24, 2.45) is 11.0 Å². The van der Waals surface area contributed by atoms with Gasteiger partial charge in [0.05, 0.1) is 37.7 Å². The number of thiophene rings is 1. The molecular formula is C31H33N3O8S. The quantitative estimate of drug-likeness (QED) is 0.110. The Kier molecular flexibility index (Phi) is 10.5. The molecule has 0 bridgehead atoms. The first kappa shape index (κ1) is 31.2. The Balaban J connectivity index is 1.41. The van der Waals surface area contributed by atoms with E-state index in [2.05, 4.69) is 22.8 Å². The van der Waals surface area contributed by atoms with E-state index < -0.39 is 23.8 Å². The maximum atomic E-state index is 12.7. The number of esters is 2. The van der Waals surface area contributed by atoms with Crippen molar-refractivity contribution < 1.29 is 38.1 Å². The van der Waals surface area contributed by atoms with Gasteiger partial charge in [-0.05, 0) is 92.6 Å². The summed E-state index contributed by atoms with van der Waals surface area (Å²) in [4.78, 5) is 51.5. The van der Waals surface area contributed by atoms with Crippen LogP contribution >= 0.6 is 11.3 Å². The van der Waals surface area contributed by atoms with Crippen LogP contribution in [-0.2, 0) is 27.2 Å². The normalized spacial score (nSPS) is 14.0. The second-order valence-electron chi connectivity index (χ2n) is 9.69. The number of carbonyl (C=O) groups is 4. The van der Waals surface area contributed by atoms with Gasteiger partial charge in [0.2, 0.25) is 0 Å². The van der Waals surface area contributed by atoms with Crippen LogP contribution in [0.3, 0.4) is 0 Å². The Labute approximate surface area is 253 Å². The average Bonchev–Trinajstić information content (AvgIpc) is 3.35. The standard InChI is InChI=1S/C31H33N3O8S/c1-5-40-24-16-19(8-14-23(24)42-30(37)20-9-11-21(39-4)12-10-20)17-32-34-28(36)27(35)33-29-26(31(38)41-6-2)22-13-7-18(3)15-25(22)43-29/h8-12,14,16-18H,5-7,13,15H2,1-4H3,(H,33,35)(H,34,36)/b32-17-/t18-/m1/s1. The Morgan fingerprint density at radius 1 is 1.00 bits per heavy atom. The number of carbonyl (C=O) groups excluding carboxylic acids is 4. The van der Waals surface area contributed by atoms with E-state index in [0.29, 0.717) is 52.1 Å². The monoisotopic (exact) mass is 607 g/mol. The number of anilines is 1. The summed E-state index contributed by atoms with van der Waals surface area (Å²) < 4.78 is 21.5. The lowest BCUT2D eigenvalue weighted by Crippen LogP contribution is -2.32. The topological polar surface area (TPSA) is 142 Å². The lowest BCUT2D eigenvalue weighted by molar-refractivity contribution is -0.136. The van der Waals surface area contributed by atoms with Crippen molar-refractivity contribution in [1.82, 2.24) is 5.43 Å². The van der Waals surface area contributed by atoms with Crippen LogP contribution in [0.1, 0.15) is 63.9 Å². The number of rotatable bonds is 10. The third kappa shape index (κ3) is 7.77. The van der Waals surface area contributed by atoms with Crippen molar-refractivity contribution >= 4 is 46.3 Å². The van der Waals surface area contributed by atoms with E-state index in [0.717, 1.165) is 23.3 Å². The number of nitrogens with one attached hydrogen (secondary N) is 2. The molecule has 2 amide bonds. The molecular weight excluding hydrogens is 574 g/mol. The van der Waals surface area contributed by atoms with E-state index in [-0.39, 0.29) is 12.4 Å². The van der Waals surface area contributed by atoms with Crippen molar-refractivity contribution in [2.75, 3.05) is 25.6 Å². The fraction of sp³-hybridized carbons (Fsp3) is 0.323. The molecule has 3 aromatic rings. The molecule has 0 fully saturated rings. The van der Waals surface area contributed by atoms with Gasteiger partial charge in [0, 0.05) is 4.88 Å². The molecule has 1 heterocycles. The third-order valence-corrected chi connectivity index (χ3v) is 7.77. The van der Waals surface area contributed by atoms with Gasteiger partial charge in [0.15, 0.2) is 11.5 Å². The molecule has 11 nitrogen and oxygen atoms in total. The second kappa shape index (κ2) is 14.5. The lowest BCUT2D eigenvalue weighted by Gasteiger charge is -2.18. The molecule has 0 saturated heterocycles. The van der Waals surface area contributed by atoms with Gasteiger partial charge in [-0.2, -0.15) is 5.10 Å². The summed E-state index contributed by atoms with van der Waals surface area (Å²) in [6.07, 6.45) is 3.74. The van der Waals surface area contributed by atoms with Gasteiger partial charge in [-0.3, -0.25) is 9.59 Å². The van der Waals surface area contributed by atoms with Crippen LogP contribution in [-0.4, -0.2) is 50.3 Å². The van der Waals surface area contributed by atoms with Crippen LogP contribution in [0, 0.1) is 5.92 Å². The SMILES string of the molecule is CCOC(=O)c1c(NC(=O)C(=O)N/N=C\c2ccc(OC(=O)c3ccc(OC)cc3)c(OCC)c2)sc2c1CC[C@@H](C)C2. The number of nitrogens with zero attached hydrogens (tertiary/aromatic N) is 1. The number of ether oxygens (including phenoxy) is 4. The minimum atomic E-state index is -1.01. The van der Waals surface area contributed by atoms with Crippen molar-refractivity contribution in [3.05, 3.63) is 69.6 Å². The maximum Gasteiger partial charge on any atom is 0.343 e. The Hall–Kier alpha value is -4.71. The van der Waals surface area contributed by atoms with Gasteiger partial charge in [-0.15, -0.1) is 11.3 Å². The first-order valence-electron chi connectivity index (χ1n) is 13.8. The summed E-state index contributed by atoms with van der Waals surface area (Å²) >= 11 is 1.29. The Bertz CT molecular complexity index is 1530. The van der Waals surface area contributed by atoms with Gasteiger partial charge in [-0.25, -0.2) is 15.0 Å². The molecule has 0 aliphatic heterocycles. The molecule has 0 saturated carbocycles. The Morgan fingerprint density at radius 3 is 2.47 bits per heavy atom. The van der Waals surface area contributed by atoms with Gasteiger partial charge >= 0.3 is 23.8 Å². The number of amides is 2. The summed E-state index contributed by atoms with van der Waals surface area (Å²) in [7, 11) is 1.53. The molecule has 1 aliphatic carbocycles. The highest BCUT2D eigenvalue weighted by Crippen LogP contribution is 2.40. The van der Waals surface area contributed by atoms with E-state index >= 15 is 0 Å². The zero-order valence-corrected chi connectivity index (χ0v) is 25.2. The van der Waals surface area contributed by atoms with Crippen molar-refractivity contribution in [2.45, 2.75) is 40.0 Å². The zero-order valence-electron chi connectivity index (χ0n) is 24.4. The number of fused-ring (bicyclic) bond motifs is 1. The van der Waals surface area contributed by atoms with Crippen LogP contribution in [0.4, 0.5) is 5.00 Å².